The predicted molar refractivity (Wildman–Crippen MR) is 52.9 cm³/mol. The molecule has 0 saturated heterocycles. The van der Waals surface area contributed by atoms with Gasteiger partial charge in [-0.3, -0.25) is 10.1 Å². The summed E-state index contributed by atoms with van der Waals surface area (Å²) >= 11 is 5.76. The second-order valence-electron chi connectivity index (χ2n) is 2.75. The van der Waals surface area contributed by atoms with Crippen LogP contribution in [0.1, 0.15) is 0 Å². The smallest absolute Gasteiger partial charge is 0.288 e. The van der Waals surface area contributed by atoms with Gasteiger partial charge in [-0.05, 0) is 6.07 Å². The Bertz CT molecular complexity index is 558. The summed E-state index contributed by atoms with van der Waals surface area (Å²) in [5.41, 5.74) is 0.0763. The fraction of sp³-hybridized carbons (Fsp3) is 0. The Hall–Kier alpha value is -1.95. The number of halogens is 1. The topological polar surface area (TPSA) is 89.2 Å². The van der Waals surface area contributed by atoms with E-state index in [0.29, 0.717) is 5.52 Å². The predicted octanol–water partition coefficient (Wildman–Crippen LogP) is 1.90. The van der Waals surface area contributed by atoms with Crippen molar-refractivity contribution in [3.63, 3.8) is 0 Å². The van der Waals surface area contributed by atoms with Crippen LogP contribution in [0.2, 0.25) is 5.02 Å². The molecule has 0 radical (unpaired) electrons. The van der Waals surface area contributed by atoms with E-state index >= 15 is 0 Å². The number of nitro groups is 1. The molecule has 0 atom stereocenters. The van der Waals surface area contributed by atoms with E-state index in [1.54, 1.807) is 0 Å². The number of nitrogens with zero attached hydrogens (tertiary/aromatic N) is 3. The van der Waals surface area contributed by atoms with Gasteiger partial charge in [-0.1, -0.05) is 11.6 Å². The molecule has 0 aliphatic carbocycles. The Morgan fingerprint density at radius 3 is 2.80 bits per heavy atom. The van der Waals surface area contributed by atoms with Crippen molar-refractivity contribution in [1.82, 2.24) is 9.97 Å². The highest BCUT2D eigenvalue weighted by molar-refractivity contribution is 6.37. The summed E-state index contributed by atoms with van der Waals surface area (Å²) in [7, 11) is 0. The molecule has 1 aromatic heterocycles. The summed E-state index contributed by atoms with van der Waals surface area (Å²) in [6.07, 6.45) is 1.15. The lowest BCUT2D eigenvalue weighted by molar-refractivity contribution is -0.384. The first-order chi connectivity index (χ1) is 7.11. The fourth-order valence-corrected chi connectivity index (χ4v) is 1.54. The quantitative estimate of drug-likeness (QED) is 0.591. The highest BCUT2D eigenvalue weighted by atomic mass is 35.5. The van der Waals surface area contributed by atoms with Crippen molar-refractivity contribution in [2.45, 2.75) is 0 Å². The standard InChI is InChI=1S/C8H4ClN3O3/c9-7-5(12(14)15)2-1-4-6(7)8(13)11-3-10-4/h1-3H,(H,10,11,13). The Labute approximate surface area is 88.3 Å². The van der Waals surface area contributed by atoms with Crippen molar-refractivity contribution in [2.75, 3.05) is 0 Å². The fourth-order valence-electron chi connectivity index (χ4n) is 1.23. The van der Waals surface area contributed by atoms with Crippen LogP contribution in [0.3, 0.4) is 0 Å². The van der Waals surface area contributed by atoms with Crippen LogP contribution in [-0.4, -0.2) is 20.0 Å². The Kier molecular flexibility index (Phi) is 2.12. The van der Waals surface area contributed by atoms with E-state index in [-0.39, 0.29) is 22.0 Å². The number of nitro benzene ring substituents is 1. The van der Waals surface area contributed by atoms with Crippen molar-refractivity contribution in [3.8, 4) is 5.88 Å². The zero-order valence-electron chi connectivity index (χ0n) is 7.22. The van der Waals surface area contributed by atoms with Gasteiger partial charge in [0.05, 0.1) is 15.8 Å². The van der Waals surface area contributed by atoms with Gasteiger partial charge in [-0.15, -0.1) is 0 Å². The van der Waals surface area contributed by atoms with Gasteiger partial charge in [-0.25, -0.2) is 9.97 Å². The molecule has 7 heteroatoms. The van der Waals surface area contributed by atoms with Crippen LogP contribution in [0.25, 0.3) is 10.9 Å². The summed E-state index contributed by atoms with van der Waals surface area (Å²) in [6, 6.07) is 2.64. The van der Waals surface area contributed by atoms with Crippen molar-refractivity contribution >= 4 is 28.2 Å². The SMILES string of the molecule is O=[N+]([O-])c1ccc2ncnc(O)c2c1Cl. The number of hydrogen-bond donors (Lipinski definition) is 1. The normalized spacial score (nSPS) is 10.5. The maximum absolute atomic E-state index is 10.6. The summed E-state index contributed by atoms with van der Waals surface area (Å²) in [4.78, 5) is 17.3. The Morgan fingerprint density at radius 1 is 1.40 bits per heavy atom. The third kappa shape index (κ3) is 1.44. The molecule has 1 N–H and O–H groups in total. The van der Waals surface area contributed by atoms with Crippen LogP contribution in [0.4, 0.5) is 5.69 Å². The third-order valence-electron chi connectivity index (χ3n) is 1.90. The molecular weight excluding hydrogens is 222 g/mol. The van der Waals surface area contributed by atoms with Gasteiger partial charge >= 0.3 is 0 Å². The Morgan fingerprint density at radius 2 is 2.13 bits per heavy atom. The second-order valence-corrected chi connectivity index (χ2v) is 3.13. The summed E-state index contributed by atoms with van der Waals surface area (Å²) < 4.78 is 0. The lowest BCUT2D eigenvalue weighted by atomic mass is 10.2. The monoisotopic (exact) mass is 225 g/mol. The molecule has 0 fully saturated rings. The first-order valence-corrected chi connectivity index (χ1v) is 4.25. The van der Waals surface area contributed by atoms with Gasteiger partial charge in [0.1, 0.15) is 11.3 Å². The van der Waals surface area contributed by atoms with Crippen LogP contribution in [-0.2, 0) is 0 Å². The molecule has 1 heterocycles. The third-order valence-corrected chi connectivity index (χ3v) is 2.28. The van der Waals surface area contributed by atoms with E-state index in [1.807, 2.05) is 0 Å². The minimum absolute atomic E-state index is 0.0911. The number of hydrogen-bond acceptors (Lipinski definition) is 5. The summed E-state index contributed by atoms with van der Waals surface area (Å²) in [5, 5.41) is 19.9. The van der Waals surface area contributed by atoms with E-state index in [9.17, 15) is 15.2 Å². The first-order valence-electron chi connectivity index (χ1n) is 3.88. The van der Waals surface area contributed by atoms with Crippen LogP contribution < -0.4 is 0 Å². The number of aromatic hydroxyl groups is 1. The van der Waals surface area contributed by atoms with Crippen LogP contribution in [0.15, 0.2) is 18.5 Å². The highest BCUT2D eigenvalue weighted by Crippen LogP contribution is 2.35. The van der Waals surface area contributed by atoms with Crippen LogP contribution in [0, 0.1) is 10.1 Å². The van der Waals surface area contributed by atoms with E-state index in [4.69, 9.17) is 11.6 Å². The molecule has 2 rings (SSSR count). The molecular formula is C8H4ClN3O3. The molecule has 2 aromatic rings. The van der Waals surface area contributed by atoms with Gasteiger partial charge < -0.3 is 5.11 Å². The Balaban J connectivity index is 2.89. The summed E-state index contributed by atoms with van der Waals surface area (Å²) in [6.45, 7) is 0. The molecule has 0 spiro atoms. The maximum Gasteiger partial charge on any atom is 0.288 e. The van der Waals surface area contributed by atoms with Crippen molar-refractivity contribution in [3.05, 3.63) is 33.6 Å². The number of rotatable bonds is 1. The van der Waals surface area contributed by atoms with Gasteiger partial charge in [-0.2, -0.15) is 0 Å². The molecule has 0 amide bonds. The summed E-state index contributed by atoms with van der Waals surface area (Å²) in [5.74, 6) is -0.367. The highest BCUT2D eigenvalue weighted by Gasteiger charge is 2.18. The molecule has 0 bridgehead atoms. The number of aromatic nitrogens is 2. The molecule has 15 heavy (non-hydrogen) atoms. The van der Waals surface area contributed by atoms with Gasteiger partial charge in [0.25, 0.3) is 5.69 Å². The molecule has 1 aromatic carbocycles. The van der Waals surface area contributed by atoms with E-state index < -0.39 is 4.92 Å². The molecule has 0 aliphatic rings. The van der Waals surface area contributed by atoms with E-state index in [1.165, 1.54) is 12.1 Å². The zero-order chi connectivity index (χ0) is 11.0. The van der Waals surface area contributed by atoms with Crippen molar-refractivity contribution in [1.29, 1.82) is 0 Å². The van der Waals surface area contributed by atoms with E-state index in [0.717, 1.165) is 6.33 Å². The second kappa shape index (κ2) is 3.32. The average molecular weight is 226 g/mol. The van der Waals surface area contributed by atoms with Gasteiger partial charge in [0.15, 0.2) is 0 Å². The lowest BCUT2D eigenvalue weighted by Crippen LogP contribution is -1.91. The van der Waals surface area contributed by atoms with Crippen LogP contribution >= 0.6 is 11.6 Å². The first kappa shape index (κ1) is 9.60. The maximum atomic E-state index is 10.6. The van der Waals surface area contributed by atoms with Gasteiger partial charge in [0.2, 0.25) is 5.88 Å². The molecule has 6 nitrogen and oxygen atoms in total. The minimum atomic E-state index is -0.631. The van der Waals surface area contributed by atoms with Crippen molar-refractivity contribution < 1.29 is 10.0 Å². The molecule has 0 unspecified atom stereocenters. The molecule has 0 saturated carbocycles. The number of fused-ring (bicyclic) bond motifs is 1. The van der Waals surface area contributed by atoms with Crippen molar-refractivity contribution in [2.24, 2.45) is 0 Å². The van der Waals surface area contributed by atoms with Gasteiger partial charge in [0, 0.05) is 6.07 Å². The minimum Gasteiger partial charge on any atom is -0.493 e. The van der Waals surface area contributed by atoms with E-state index in [2.05, 4.69) is 9.97 Å². The molecule has 0 aliphatic heterocycles. The largest absolute Gasteiger partial charge is 0.493 e. The zero-order valence-corrected chi connectivity index (χ0v) is 7.97. The average Bonchev–Trinajstić information content (AvgIpc) is 2.17. The lowest BCUT2D eigenvalue weighted by Gasteiger charge is -2.01. The van der Waals surface area contributed by atoms with Crippen LogP contribution in [0.5, 0.6) is 5.88 Å². The number of benzene rings is 1. The molecule has 76 valence electrons.